The first kappa shape index (κ1) is 51.4. The first-order valence-corrected chi connectivity index (χ1v) is 25.9. The van der Waals surface area contributed by atoms with Crippen molar-refractivity contribution in [1.82, 2.24) is 9.80 Å². The SMILES string of the molecule is CCCCCCCCCCCCCCC(CCCCCCCCCCCCCC)CCCCC(CCCCCCCCCCCCCC)N1C=CN(C)C1. The molecule has 0 saturated heterocycles. The van der Waals surface area contributed by atoms with Crippen molar-refractivity contribution in [2.45, 2.75) is 303 Å². The van der Waals surface area contributed by atoms with E-state index in [0.717, 1.165) is 18.6 Å². The third-order valence-electron chi connectivity index (χ3n) is 13.1. The Hall–Kier alpha value is -0.660. The minimum Gasteiger partial charge on any atom is -0.362 e. The van der Waals surface area contributed by atoms with Crippen LogP contribution in [0.3, 0.4) is 0 Å². The van der Waals surface area contributed by atoms with Crippen molar-refractivity contribution in [3.8, 4) is 0 Å². The summed E-state index contributed by atoms with van der Waals surface area (Å²) in [6, 6.07) is 0.750. The highest BCUT2D eigenvalue weighted by molar-refractivity contribution is 4.92. The predicted octanol–water partition coefficient (Wildman–Crippen LogP) is 18.5. The van der Waals surface area contributed by atoms with Gasteiger partial charge < -0.3 is 9.80 Å². The Balaban J connectivity index is 2.33. The lowest BCUT2D eigenvalue weighted by molar-refractivity contribution is 0.202. The zero-order chi connectivity index (χ0) is 38.8. The van der Waals surface area contributed by atoms with Gasteiger partial charge in [-0.2, -0.15) is 0 Å². The van der Waals surface area contributed by atoms with Crippen LogP contribution in [0.15, 0.2) is 12.4 Å². The second-order valence-electron chi connectivity index (χ2n) is 18.5. The highest BCUT2D eigenvalue weighted by Crippen LogP contribution is 2.27. The molecule has 0 N–H and O–H groups in total. The lowest BCUT2D eigenvalue weighted by atomic mass is 9.89. The van der Waals surface area contributed by atoms with Crippen molar-refractivity contribution < 1.29 is 0 Å². The molecule has 2 nitrogen and oxygen atoms in total. The molecule has 2 heteroatoms. The van der Waals surface area contributed by atoms with E-state index >= 15 is 0 Å². The largest absolute Gasteiger partial charge is 0.362 e. The second-order valence-corrected chi connectivity index (χ2v) is 18.5. The zero-order valence-electron chi connectivity index (χ0n) is 38.3. The van der Waals surface area contributed by atoms with Gasteiger partial charge in [-0.3, -0.25) is 0 Å². The average Bonchev–Trinajstić information content (AvgIpc) is 3.62. The van der Waals surface area contributed by atoms with Crippen LogP contribution in [0.2, 0.25) is 0 Å². The van der Waals surface area contributed by atoms with E-state index in [1.807, 2.05) is 0 Å². The predicted molar refractivity (Wildman–Crippen MR) is 246 cm³/mol. The van der Waals surface area contributed by atoms with Crippen LogP contribution in [0.5, 0.6) is 0 Å². The van der Waals surface area contributed by atoms with Gasteiger partial charge in [-0.25, -0.2) is 0 Å². The lowest BCUT2D eigenvalue weighted by Gasteiger charge is -2.29. The van der Waals surface area contributed by atoms with Crippen LogP contribution in [0.1, 0.15) is 297 Å². The Kier molecular flexibility index (Phi) is 39.9. The molecule has 1 atom stereocenters. The summed E-state index contributed by atoms with van der Waals surface area (Å²) in [5, 5.41) is 0. The number of hydrogen-bond donors (Lipinski definition) is 0. The summed E-state index contributed by atoms with van der Waals surface area (Å²) in [6.45, 7) is 8.07. The van der Waals surface area contributed by atoms with Crippen LogP contribution in [0.4, 0.5) is 0 Å². The fraction of sp³-hybridized carbons (Fsp3) is 0.962. The molecule has 0 bridgehead atoms. The molecule has 54 heavy (non-hydrogen) atoms. The second kappa shape index (κ2) is 42.0. The van der Waals surface area contributed by atoms with Crippen LogP contribution < -0.4 is 0 Å². The molecular weight excluding hydrogens is 653 g/mol. The van der Waals surface area contributed by atoms with Gasteiger partial charge in [0.1, 0.15) is 0 Å². The van der Waals surface area contributed by atoms with Gasteiger partial charge in [0.05, 0.1) is 6.67 Å². The molecule has 0 fully saturated rings. The fourth-order valence-corrected chi connectivity index (χ4v) is 9.28. The van der Waals surface area contributed by atoms with E-state index in [-0.39, 0.29) is 0 Å². The van der Waals surface area contributed by atoms with Crippen molar-refractivity contribution in [3.05, 3.63) is 12.4 Å². The summed E-state index contributed by atoms with van der Waals surface area (Å²) < 4.78 is 0. The van der Waals surface area contributed by atoms with E-state index < -0.39 is 0 Å². The van der Waals surface area contributed by atoms with Gasteiger partial charge in [-0.15, -0.1) is 0 Å². The molecule has 0 aromatic carbocycles. The van der Waals surface area contributed by atoms with Crippen LogP contribution in [0.25, 0.3) is 0 Å². The number of nitrogens with zero attached hydrogens (tertiary/aromatic N) is 2. The highest BCUT2D eigenvalue weighted by atomic mass is 15.3. The molecule has 0 aromatic heterocycles. The van der Waals surface area contributed by atoms with Crippen LogP contribution in [-0.4, -0.2) is 29.6 Å². The van der Waals surface area contributed by atoms with Crippen molar-refractivity contribution in [3.63, 3.8) is 0 Å². The number of unbranched alkanes of at least 4 members (excludes halogenated alkanes) is 34. The van der Waals surface area contributed by atoms with Crippen LogP contribution in [-0.2, 0) is 0 Å². The molecule has 0 saturated carbocycles. The van der Waals surface area contributed by atoms with Gasteiger partial charge in [-0.05, 0) is 18.8 Å². The molecule has 0 aliphatic carbocycles. The van der Waals surface area contributed by atoms with Crippen molar-refractivity contribution in [2.24, 2.45) is 5.92 Å². The monoisotopic (exact) mass is 757 g/mol. The molecule has 0 aromatic rings. The lowest BCUT2D eigenvalue weighted by Crippen LogP contribution is -2.33. The molecule has 0 amide bonds. The minimum absolute atomic E-state index is 0.750. The number of hydrogen-bond acceptors (Lipinski definition) is 2. The van der Waals surface area contributed by atoms with Crippen LogP contribution >= 0.6 is 0 Å². The maximum absolute atomic E-state index is 2.68. The van der Waals surface area contributed by atoms with Crippen LogP contribution in [0, 0.1) is 5.92 Å². The van der Waals surface area contributed by atoms with E-state index in [1.54, 1.807) is 0 Å². The smallest absolute Gasteiger partial charge is 0.0893 e. The van der Waals surface area contributed by atoms with Gasteiger partial charge in [0.15, 0.2) is 0 Å². The van der Waals surface area contributed by atoms with E-state index in [4.69, 9.17) is 0 Å². The van der Waals surface area contributed by atoms with Gasteiger partial charge >= 0.3 is 0 Å². The summed E-state index contributed by atoms with van der Waals surface area (Å²) >= 11 is 0. The van der Waals surface area contributed by atoms with E-state index in [9.17, 15) is 0 Å². The summed E-state index contributed by atoms with van der Waals surface area (Å²) in [5.74, 6) is 0.990. The molecular formula is C52H104N2. The molecule has 0 radical (unpaired) electrons. The van der Waals surface area contributed by atoms with Gasteiger partial charge in [0.2, 0.25) is 0 Å². The van der Waals surface area contributed by atoms with Crippen molar-refractivity contribution >= 4 is 0 Å². The summed E-state index contributed by atoms with van der Waals surface area (Å²) in [5.41, 5.74) is 0. The molecule has 1 rings (SSSR count). The Bertz CT molecular complexity index is 704. The highest BCUT2D eigenvalue weighted by Gasteiger charge is 2.19. The Morgan fingerprint density at radius 1 is 0.315 bits per heavy atom. The molecule has 322 valence electrons. The van der Waals surface area contributed by atoms with E-state index in [0.29, 0.717) is 0 Å². The first-order valence-electron chi connectivity index (χ1n) is 25.9. The topological polar surface area (TPSA) is 6.48 Å². The fourth-order valence-electron chi connectivity index (χ4n) is 9.28. The Morgan fingerprint density at radius 2 is 0.556 bits per heavy atom. The third-order valence-corrected chi connectivity index (χ3v) is 13.1. The molecule has 1 heterocycles. The van der Waals surface area contributed by atoms with E-state index in [1.165, 1.54) is 276 Å². The molecule has 1 aliphatic heterocycles. The van der Waals surface area contributed by atoms with Gasteiger partial charge in [-0.1, -0.05) is 284 Å². The Morgan fingerprint density at radius 3 is 0.833 bits per heavy atom. The summed E-state index contributed by atoms with van der Waals surface area (Å²) in [6.07, 6.45) is 67.6. The summed E-state index contributed by atoms with van der Waals surface area (Å²) in [4.78, 5) is 5.05. The average molecular weight is 757 g/mol. The third kappa shape index (κ3) is 34.6. The Labute approximate surface area is 343 Å². The number of rotatable bonds is 45. The molecule has 1 aliphatic rings. The van der Waals surface area contributed by atoms with Gasteiger partial charge in [0, 0.05) is 25.5 Å². The maximum Gasteiger partial charge on any atom is 0.0893 e. The first-order chi connectivity index (χ1) is 26.7. The normalized spacial score (nSPS) is 13.6. The molecule has 1 unspecified atom stereocenters. The molecule has 0 spiro atoms. The van der Waals surface area contributed by atoms with Crippen molar-refractivity contribution in [2.75, 3.05) is 13.7 Å². The standard InChI is InChI=1S/C52H104N2/c1-5-8-11-14-17-20-23-26-29-32-35-38-43-51(44-39-36-33-30-27-24-21-18-15-12-9-6-2)45-41-42-47-52(54-49-48-53(4)50-54)46-40-37-34-31-28-25-22-19-16-13-10-7-3/h48-49,51-52H,5-47,50H2,1-4H3. The quantitative estimate of drug-likeness (QED) is 0.0571. The zero-order valence-corrected chi connectivity index (χ0v) is 38.3. The minimum atomic E-state index is 0.750. The van der Waals surface area contributed by atoms with Gasteiger partial charge in [0.25, 0.3) is 0 Å². The summed E-state index contributed by atoms with van der Waals surface area (Å²) in [7, 11) is 2.24. The maximum atomic E-state index is 2.68. The van der Waals surface area contributed by atoms with Crippen molar-refractivity contribution in [1.29, 1.82) is 0 Å². The van der Waals surface area contributed by atoms with E-state index in [2.05, 4.69) is 50.0 Å².